The van der Waals surface area contributed by atoms with Crippen molar-refractivity contribution in [3.63, 3.8) is 0 Å². The normalized spacial score (nSPS) is 14.7. The van der Waals surface area contributed by atoms with Crippen molar-refractivity contribution >= 4 is 11.6 Å². The number of hydrogen-bond donors (Lipinski definition) is 2. The Morgan fingerprint density at radius 2 is 2.06 bits per heavy atom. The van der Waals surface area contributed by atoms with Crippen LogP contribution in [0.25, 0.3) is 11.6 Å². The summed E-state index contributed by atoms with van der Waals surface area (Å²) in [5.74, 6) is -0.152. The van der Waals surface area contributed by atoms with E-state index in [-0.39, 0.29) is 5.88 Å². The number of aliphatic hydroxyl groups excluding tert-OH is 1. The molecule has 1 aromatic rings. The SMILES string of the molecule is C=CCC1=C(O)N(O)C=Cc2ccccc21. The number of allylic oxidation sites excluding steroid dienone is 2. The molecule has 3 nitrogen and oxygen atoms in total. The molecule has 2 rings (SSSR count). The third-order valence-corrected chi connectivity index (χ3v) is 2.52. The molecule has 0 aliphatic carbocycles. The van der Waals surface area contributed by atoms with E-state index in [2.05, 4.69) is 6.58 Å². The van der Waals surface area contributed by atoms with Crippen LogP contribution in [0, 0.1) is 0 Å². The van der Waals surface area contributed by atoms with Gasteiger partial charge in [-0.1, -0.05) is 30.3 Å². The van der Waals surface area contributed by atoms with E-state index in [4.69, 9.17) is 0 Å². The lowest BCUT2D eigenvalue weighted by molar-refractivity contribution is -0.0440. The molecule has 0 aromatic heterocycles. The molecule has 0 saturated carbocycles. The van der Waals surface area contributed by atoms with E-state index >= 15 is 0 Å². The predicted octanol–water partition coefficient (Wildman–Crippen LogP) is 3.16. The highest BCUT2D eigenvalue weighted by Crippen LogP contribution is 2.29. The maximum atomic E-state index is 9.85. The summed E-state index contributed by atoms with van der Waals surface area (Å²) >= 11 is 0. The maximum Gasteiger partial charge on any atom is 0.219 e. The largest absolute Gasteiger partial charge is 0.493 e. The topological polar surface area (TPSA) is 43.7 Å². The second kappa shape index (κ2) is 4.24. The average Bonchev–Trinajstić information content (AvgIpc) is 2.42. The van der Waals surface area contributed by atoms with E-state index < -0.39 is 0 Å². The first-order valence-electron chi connectivity index (χ1n) is 5.02. The zero-order valence-corrected chi connectivity index (χ0v) is 8.80. The van der Waals surface area contributed by atoms with Gasteiger partial charge >= 0.3 is 0 Å². The molecule has 0 fully saturated rings. The minimum absolute atomic E-state index is 0.152. The van der Waals surface area contributed by atoms with E-state index in [0.717, 1.165) is 16.2 Å². The molecular weight excluding hydrogens is 202 g/mol. The Kier molecular flexibility index (Phi) is 2.79. The van der Waals surface area contributed by atoms with Crippen LogP contribution in [-0.4, -0.2) is 15.4 Å². The highest BCUT2D eigenvalue weighted by Gasteiger charge is 2.16. The highest BCUT2D eigenvalue weighted by molar-refractivity contribution is 5.77. The zero-order valence-electron chi connectivity index (χ0n) is 8.80. The fourth-order valence-corrected chi connectivity index (χ4v) is 1.74. The fourth-order valence-electron chi connectivity index (χ4n) is 1.74. The van der Waals surface area contributed by atoms with E-state index in [1.54, 1.807) is 12.2 Å². The molecule has 0 spiro atoms. The van der Waals surface area contributed by atoms with Crippen LogP contribution >= 0.6 is 0 Å². The molecule has 0 bridgehead atoms. The van der Waals surface area contributed by atoms with E-state index in [1.165, 1.54) is 6.20 Å². The van der Waals surface area contributed by atoms with Gasteiger partial charge in [-0.25, -0.2) is 0 Å². The molecule has 0 unspecified atom stereocenters. The molecular formula is C13H13NO2. The van der Waals surface area contributed by atoms with Crippen LogP contribution < -0.4 is 0 Å². The number of rotatable bonds is 2. The summed E-state index contributed by atoms with van der Waals surface area (Å²) in [6, 6.07) is 7.66. The number of hydrogen-bond acceptors (Lipinski definition) is 3. The summed E-state index contributed by atoms with van der Waals surface area (Å²) in [6.07, 6.45) is 5.37. The van der Waals surface area contributed by atoms with Gasteiger partial charge in [0.2, 0.25) is 5.88 Å². The standard InChI is InChI=1S/C13H13NO2/c1-2-5-12-11-7-4-3-6-10(11)8-9-14(16)13(12)15/h2-4,6-9,15-16H,1,5H2. The van der Waals surface area contributed by atoms with Gasteiger partial charge in [0.05, 0.1) is 0 Å². The Hall–Kier alpha value is -2.00. The lowest BCUT2D eigenvalue weighted by Gasteiger charge is -2.13. The predicted molar refractivity (Wildman–Crippen MR) is 63.5 cm³/mol. The summed E-state index contributed by atoms with van der Waals surface area (Å²) in [6.45, 7) is 3.65. The second-order valence-electron chi connectivity index (χ2n) is 3.54. The molecule has 0 amide bonds. The van der Waals surface area contributed by atoms with Gasteiger partial charge in [0, 0.05) is 11.8 Å². The molecule has 0 saturated heterocycles. The molecule has 1 aliphatic heterocycles. The van der Waals surface area contributed by atoms with Crippen LogP contribution in [0.5, 0.6) is 0 Å². The average molecular weight is 215 g/mol. The quantitative estimate of drug-likeness (QED) is 0.745. The van der Waals surface area contributed by atoms with Crippen molar-refractivity contribution in [2.75, 3.05) is 0 Å². The van der Waals surface area contributed by atoms with Crippen LogP contribution in [-0.2, 0) is 0 Å². The van der Waals surface area contributed by atoms with Gasteiger partial charge in [-0.15, -0.1) is 6.58 Å². The van der Waals surface area contributed by atoms with Crippen LogP contribution in [0.3, 0.4) is 0 Å². The van der Waals surface area contributed by atoms with Gasteiger partial charge in [0.25, 0.3) is 0 Å². The third kappa shape index (κ3) is 1.73. The summed E-state index contributed by atoms with van der Waals surface area (Å²) in [5, 5.41) is 20.1. The van der Waals surface area contributed by atoms with Crippen molar-refractivity contribution in [1.82, 2.24) is 5.06 Å². The van der Waals surface area contributed by atoms with Gasteiger partial charge in [0.1, 0.15) is 0 Å². The first kappa shape index (κ1) is 10.5. The summed E-state index contributed by atoms with van der Waals surface area (Å²) < 4.78 is 0. The maximum absolute atomic E-state index is 9.85. The molecule has 1 aromatic carbocycles. The molecule has 2 N–H and O–H groups in total. The number of benzene rings is 1. The summed E-state index contributed by atoms with van der Waals surface area (Å²) in [4.78, 5) is 0. The van der Waals surface area contributed by atoms with E-state index in [9.17, 15) is 10.3 Å². The lowest BCUT2D eigenvalue weighted by atomic mass is 9.98. The number of nitrogens with zero attached hydrogens (tertiary/aromatic N) is 1. The van der Waals surface area contributed by atoms with E-state index in [0.29, 0.717) is 12.0 Å². The zero-order chi connectivity index (χ0) is 11.5. The molecule has 1 heterocycles. The monoisotopic (exact) mass is 215 g/mol. The molecule has 0 radical (unpaired) electrons. The van der Waals surface area contributed by atoms with Crippen molar-refractivity contribution < 1.29 is 10.3 Å². The van der Waals surface area contributed by atoms with Crippen LogP contribution in [0.4, 0.5) is 0 Å². The lowest BCUT2D eigenvalue weighted by Crippen LogP contribution is -2.11. The molecule has 82 valence electrons. The number of hydroxylamine groups is 2. The smallest absolute Gasteiger partial charge is 0.219 e. The van der Waals surface area contributed by atoms with Gasteiger partial charge in [-0.05, 0) is 23.6 Å². The van der Waals surface area contributed by atoms with Crippen molar-refractivity contribution in [3.05, 3.63) is 60.1 Å². The van der Waals surface area contributed by atoms with Crippen molar-refractivity contribution in [3.8, 4) is 0 Å². The molecule has 1 aliphatic rings. The Bertz CT molecular complexity index is 475. The third-order valence-electron chi connectivity index (χ3n) is 2.52. The van der Waals surface area contributed by atoms with Crippen molar-refractivity contribution in [2.45, 2.75) is 6.42 Å². The van der Waals surface area contributed by atoms with E-state index in [1.807, 2.05) is 24.3 Å². The minimum Gasteiger partial charge on any atom is -0.493 e. The first-order valence-corrected chi connectivity index (χ1v) is 5.02. The second-order valence-corrected chi connectivity index (χ2v) is 3.54. The van der Waals surface area contributed by atoms with Crippen LogP contribution in [0.2, 0.25) is 0 Å². The first-order chi connectivity index (χ1) is 7.74. The Balaban J connectivity index is 2.62. The van der Waals surface area contributed by atoms with Crippen molar-refractivity contribution in [2.24, 2.45) is 0 Å². The molecule has 3 heteroatoms. The van der Waals surface area contributed by atoms with Gasteiger partial charge in [-0.3, -0.25) is 5.21 Å². The molecule has 0 atom stereocenters. The minimum atomic E-state index is -0.152. The van der Waals surface area contributed by atoms with Crippen LogP contribution in [0.1, 0.15) is 17.5 Å². The van der Waals surface area contributed by atoms with Crippen LogP contribution in [0.15, 0.2) is 49.0 Å². The highest BCUT2D eigenvalue weighted by atomic mass is 16.5. The fraction of sp³-hybridized carbons (Fsp3) is 0.0769. The summed E-state index contributed by atoms with van der Waals surface area (Å²) in [5.41, 5.74) is 2.54. The van der Waals surface area contributed by atoms with Gasteiger partial charge < -0.3 is 5.11 Å². The Labute approximate surface area is 94.2 Å². The number of aliphatic hydroxyl groups is 1. The Morgan fingerprint density at radius 3 is 2.81 bits per heavy atom. The van der Waals surface area contributed by atoms with Gasteiger partial charge in [0.15, 0.2) is 0 Å². The summed E-state index contributed by atoms with van der Waals surface area (Å²) in [7, 11) is 0. The molecule has 16 heavy (non-hydrogen) atoms. The van der Waals surface area contributed by atoms with Crippen molar-refractivity contribution in [1.29, 1.82) is 0 Å². The number of fused-ring (bicyclic) bond motifs is 1. The van der Waals surface area contributed by atoms with Gasteiger partial charge in [-0.2, -0.15) is 5.06 Å². The Morgan fingerprint density at radius 1 is 1.31 bits per heavy atom.